The molecule has 0 aromatic rings. The molecule has 0 aliphatic heterocycles. The van der Waals surface area contributed by atoms with E-state index in [4.69, 9.17) is 15.2 Å². The predicted molar refractivity (Wildman–Crippen MR) is 65.6 cm³/mol. The van der Waals surface area contributed by atoms with Crippen LogP contribution in [0.2, 0.25) is 0 Å². The Kier molecular flexibility index (Phi) is 5.88. The Morgan fingerprint density at radius 2 is 2.24 bits per heavy atom. The maximum absolute atomic E-state index is 11.6. The van der Waals surface area contributed by atoms with Crippen molar-refractivity contribution in [2.75, 3.05) is 34.0 Å². The second kappa shape index (κ2) is 6.93. The highest BCUT2D eigenvalue weighted by molar-refractivity contribution is 5.85. The van der Waals surface area contributed by atoms with Crippen molar-refractivity contribution < 1.29 is 14.3 Å². The summed E-state index contributed by atoms with van der Waals surface area (Å²) in [5.74, 6) is 0.0481. The summed E-state index contributed by atoms with van der Waals surface area (Å²) in [4.78, 5) is 11.6. The van der Waals surface area contributed by atoms with Gasteiger partial charge in [-0.15, -0.1) is 0 Å². The molecule has 1 rings (SSSR count). The third kappa shape index (κ3) is 3.40. The van der Waals surface area contributed by atoms with Crippen LogP contribution >= 0.6 is 0 Å². The standard InChI is InChI=1S/C12H24N2O3/c1-14-12(11(13)15)6-3-4-10(12)5-7-17-9-8-16-2/h10,14H,3-9H2,1-2H3,(H2,13,15). The van der Waals surface area contributed by atoms with E-state index in [1.807, 2.05) is 7.05 Å². The molecule has 5 nitrogen and oxygen atoms in total. The van der Waals surface area contributed by atoms with Crippen LogP contribution in [0.4, 0.5) is 0 Å². The zero-order valence-corrected chi connectivity index (χ0v) is 10.8. The fourth-order valence-corrected chi connectivity index (χ4v) is 2.72. The molecule has 0 radical (unpaired) electrons. The van der Waals surface area contributed by atoms with Gasteiger partial charge < -0.3 is 20.5 Å². The Labute approximate surface area is 103 Å². The van der Waals surface area contributed by atoms with Crippen LogP contribution in [-0.4, -0.2) is 45.4 Å². The van der Waals surface area contributed by atoms with Crippen LogP contribution in [0, 0.1) is 5.92 Å². The van der Waals surface area contributed by atoms with Gasteiger partial charge in [-0.05, 0) is 32.2 Å². The van der Waals surface area contributed by atoms with Gasteiger partial charge >= 0.3 is 0 Å². The molecule has 1 saturated carbocycles. The molecule has 3 N–H and O–H groups in total. The monoisotopic (exact) mass is 244 g/mol. The lowest BCUT2D eigenvalue weighted by Crippen LogP contribution is -2.56. The number of carbonyl (C=O) groups excluding carboxylic acids is 1. The molecular formula is C12H24N2O3. The van der Waals surface area contributed by atoms with Crippen molar-refractivity contribution in [1.82, 2.24) is 5.32 Å². The summed E-state index contributed by atoms with van der Waals surface area (Å²) in [5.41, 5.74) is 5.00. The first kappa shape index (κ1) is 14.4. The Bertz CT molecular complexity index is 248. The maximum Gasteiger partial charge on any atom is 0.238 e. The number of nitrogens with two attached hydrogens (primary N) is 1. The van der Waals surface area contributed by atoms with Crippen LogP contribution in [0.3, 0.4) is 0 Å². The zero-order valence-electron chi connectivity index (χ0n) is 10.8. The molecule has 1 aliphatic rings. The lowest BCUT2D eigenvalue weighted by molar-refractivity contribution is -0.126. The normalized spacial score (nSPS) is 28.5. The second-order valence-electron chi connectivity index (χ2n) is 4.57. The number of nitrogens with one attached hydrogen (secondary N) is 1. The quantitative estimate of drug-likeness (QED) is 0.602. The Morgan fingerprint density at radius 3 is 2.82 bits per heavy atom. The second-order valence-corrected chi connectivity index (χ2v) is 4.57. The summed E-state index contributed by atoms with van der Waals surface area (Å²) in [6.07, 6.45) is 3.79. The predicted octanol–water partition coefficient (Wildman–Crippen LogP) is 0.283. The molecule has 0 aromatic heterocycles. The van der Waals surface area contributed by atoms with E-state index in [2.05, 4.69) is 5.32 Å². The van der Waals surface area contributed by atoms with Gasteiger partial charge in [0.05, 0.1) is 13.2 Å². The third-order valence-electron chi connectivity index (χ3n) is 3.75. The number of primary amides is 1. The number of likely N-dealkylation sites (N-methyl/N-ethyl adjacent to an activating group) is 1. The summed E-state index contributed by atoms with van der Waals surface area (Å²) in [6.45, 7) is 1.87. The minimum atomic E-state index is -0.523. The molecule has 0 saturated heterocycles. The molecule has 17 heavy (non-hydrogen) atoms. The zero-order chi connectivity index (χ0) is 12.7. The summed E-state index contributed by atoms with van der Waals surface area (Å²) in [5, 5.41) is 3.12. The van der Waals surface area contributed by atoms with Gasteiger partial charge in [0.15, 0.2) is 0 Å². The molecule has 100 valence electrons. The fraction of sp³-hybridized carbons (Fsp3) is 0.917. The van der Waals surface area contributed by atoms with Gasteiger partial charge in [-0.25, -0.2) is 0 Å². The summed E-state index contributed by atoms with van der Waals surface area (Å²) in [7, 11) is 3.47. The molecule has 1 aliphatic carbocycles. The third-order valence-corrected chi connectivity index (χ3v) is 3.75. The van der Waals surface area contributed by atoms with E-state index in [0.29, 0.717) is 19.8 Å². The smallest absolute Gasteiger partial charge is 0.238 e. The highest BCUT2D eigenvalue weighted by Crippen LogP contribution is 2.37. The number of ether oxygens (including phenoxy) is 2. The minimum absolute atomic E-state index is 0.237. The first-order valence-electron chi connectivity index (χ1n) is 6.23. The van der Waals surface area contributed by atoms with Crippen LogP contribution in [0.1, 0.15) is 25.7 Å². The van der Waals surface area contributed by atoms with Crippen molar-refractivity contribution in [2.45, 2.75) is 31.2 Å². The molecule has 0 aromatic carbocycles. The summed E-state index contributed by atoms with van der Waals surface area (Å²) >= 11 is 0. The van der Waals surface area contributed by atoms with Crippen LogP contribution in [-0.2, 0) is 14.3 Å². The molecule has 0 heterocycles. The SMILES string of the molecule is CNC1(C(N)=O)CCCC1CCOCCOC. The average Bonchev–Trinajstić information content (AvgIpc) is 2.73. The van der Waals surface area contributed by atoms with E-state index < -0.39 is 5.54 Å². The molecule has 5 heteroatoms. The van der Waals surface area contributed by atoms with Gasteiger partial charge in [-0.2, -0.15) is 0 Å². The van der Waals surface area contributed by atoms with Gasteiger partial charge in [0.2, 0.25) is 5.91 Å². The maximum atomic E-state index is 11.6. The minimum Gasteiger partial charge on any atom is -0.382 e. The summed E-state index contributed by atoms with van der Waals surface area (Å²) < 4.78 is 10.4. The molecule has 2 unspecified atom stereocenters. The van der Waals surface area contributed by atoms with Crippen LogP contribution in [0.15, 0.2) is 0 Å². The van der Waals surface area contributed by atoms with E-state index in [1.165, 1.54) is 0 Å². The Balaban J connectivity index is 2.38. The topological polar surface area (TPSA) is 73.6 Å². The van der Waals surface area contributed by atoms with Crippen LogP contribution in [0.25, 0.3) is 0 Å². The molecular weight excluding hydrogens is 220 g/mol. The summed E-state index contributed by atoms with van der Waals surface area (Å²) in [6, 6.07) is 0. The highest BCUT2D eigenvalue weighted by atomic mass is 16.5. The largest absolute Gasteiger partial charge is 0.382 e. The van der Waals surface area contributed by atoms with Crippen molar-refractivity contribution in [3.8, 4) is 0 Å². The number of methoxy groups -OCH3 is 1. The van der Waals surface area contributed by atoms with Gasteiger partial charge in [0.1, 0.15) is 5.54 Å². The van der Waals surface area contributed by atoms with Crippen molar-refractivity contribution in [1.29, 1.82) is 0 Å². The van der Waals surface area contributed by atoms with E-state index in [9.17, 15) is 4.79 Å². The molecule has 1 amide bonds. The van der Waals surface area contributed by atoms with Crippen molar-refractivity contribution in [3.05, 3.63) is 0 Å². The van der Waals surface area contributed by atoms with Gasteiger partial charge in [0, 0.05) is 13.7 Å². The van der Waals surface area contributed by atoms with Gasteiger partial charge in [-0.1, -0.05) is 6.42 Å². The molecule has 1 fully saturated rings. The van der Waals surface area contributed by atoms with E-state index in [0.717, 1.165) is 25.7 Å². The Morgan fingerprint density at radius 1 is 1.47 bits per heavy atom. The van der Waals surface area contributed by atoms with Crippen molar-refractivity contribution >= 4 is 5.91 Å². The van der Waals surface area contributed by atoms with Crippen LogP contribution < -0.4 is 11.1 Å². The van der Waals surface area contributed by atoms with E-state index >= 15 is 0 Å². The lowest BCUT2D eigenvalue weighted by atomic mass is 9.84. The van der Waals surface area contributed by atoms with Crippen molar-refractivity contribution in [3.63, 3.8) is 0 Å². The van der Waals surface area contributed by atoms with Crippen LogP contribution in [0.5, 0.6) is 0 Å². The fourth-order valence-electron chi connectivity index (χ4n) is 2.72. The van der Waals surface area contributed by atoms with E-state index in [1.54, 1.807) is 7.11 Å². The number of hydrogen-bond acceptors (Lipinski definition) is 4. The number of hydrogen-bond donors (Lipinski definition) is 2. The van der Waals surface area contributed by atoms with Gasteiger partial charge in [-0.3, -0.25) is 4.79 Å². The molecule has 2 atom stereocenters. The van der Waals surface area contributed by atoms with Gasteiger partial charge in [0.25, 0.3) is 0 Å². The average molecular weight is 244 g/mol. The number of carbonyl (C=O) groups is 1. The molecule has 0 spiro atoms. The lowest BCUT2D eigenvalue weighted by Gasteiger charge is -2.32. The number of rotatable bonds is 8. The number of amides is 1. The van der Waals surface area contributed by atoms with Crippen molar-refractivity contribution in [2.24, 2.45) is 11.7 Å². The first-order chi connectivity index (χ1) is 8.17. The first-order valence-corrected chi connectivity index (χ1v) is 6.23. The Hall–Kier alpha value is -0.650. The van der Waals surface area contributed by atoms with E-state index in [-0.39, 0.29) is 11.8 Å². The highest BCUT2D eigenvalue weighted by Gasteiger charge is 2.46. The molecule has 0 bridgehead atoms.